The highest BCUT2D eigenvalue weighted by Crippen LogP contribution is 2.17. The predicted molar refractivity (Wildman–Crippen MR) is 192 cm³/mol. The zero-order chi connectivity index (χ0) is 30.4. The lowest BCUT2D eigenvalue weighted by atomic mass is 10.0. The van der Waals surface area contributed by atoms with Gasteiger partial charge in [-0.1, -0.05) is 232 Å². The predicted octanol–water partition coefficient (Wildman–Crippen LogP) is 15.4. The zero-order valence-electron chi connectivity index (χ0n) is 29.8. The number of hydrogen-bond acceptors (Lipinski definition) is 1. The third-order valence-corrected chi connectivity index (χ3v) is 9.62. The van der Waals surface area contributed by atoms with Crippen molar-refractivity contribution in [2.45, 2.75) is 258 Å². The van der Waals surface area contributed by atoms with Crippen LogP contribution in [-0.4, -0.2) is 5.78 Å². The molecule has 0 amide bonds. The van der Waals surface area contributed by atoms with Crippen LogP contribution in [0.15, 0.2) is 0 Å². The Bertz CT molecular complexity index is 483. The molecule has 0 aliphatic heterocycles. The molecule has 0 saturated heterocycles. The molecule has 42 heavy (non-hydrogen) atoms. The second-order valence-corrected chi connectivity index (χ2v) is 14.1. The van der Waals surface area contributed by atoms with Crippen LogP contribution in [0.1, 0.15) is 258 Å². The lowest BCUT2D eigenvalue weighted by Gasteiger charge is -2.05. The van der Waals surface area contributed by atoms with E-state index >= 15 is 0 Å². The van der Waals surface area contributed by atoms with E-state index in [2.05, 4.69) is 13.8 Å². The van der Waals surface area contributed by atoms with E-state index in [9.17, 15) is 4.79 Å². The molecule has 1 heteroatoms. The van der Waals surface area contributed by atoms with Crippen molar-refractivity contribution in [2.24, 2.45) is 0 Å². The maximum Gasteiger partial charge on any atom is 0.132 e. The van der Waals surface area contributed by atoms with E-state index in [0.29, 0.717) is 5.78 Å². The topological polar surface area (TPSA) is 17.1 Å². The normalized spacial score (nSPS) is 11.5. The van der Waals surface area contributed by atoms with Crippen molar-refractivity contribution in [1.29, 1.82) is 0 Å². The summed E-state index contributed by atoms with van der Waals surface area (Å²) in [5, 5.41) is 0. The van der Waals surface area contributed by atoms with Crippen LogP contribution in [-0.2, 0) is 4.79 Å². The van der Waals surface area contributed by atoms with Gasteiger partial charge in [-0.3, -0.25) is 4.79 Å². The summed E-state index contributed by atoms with van der Waals surface area (Å²) < 4.78 is 0. The average molecular weight is 591 g/mol. The molecule has 0 heterocycles. The summed E-state index contributed by atoms with van der Waals surface area (Å²) in [6.07, 6.45) is 52.4. The zero-order valence-corrected chi connectivity index (χ0v) is 29.8. The highest BCUT2D eigenvalue weighted by Gasteiger charge is 2.02. The highest BCUT2D eigenvalue weighted by atomic mass is 16.1. The lowest BCUT2D eigenvalue weighted by molar-refractivity contribution is -0.119. The van der Waals surface area contributed by atoms with E-state index < -0.39 is 0 Å². The molecular weight excluding hydrogens is 508 g/mol. The van der Waals surface area contributed by atoms with Crippen LogP contribution in [0, 0.1) is 0 Å². The summed E-state index contributed by atoms with van der Waals surface area (Å²) in [7, 11) is 0. The maximum atomic E-state index is 12.2. The molecule has 0 aliphatic rings. The van der Waals surface area contributed by atoms with Gasteiger partial charge in [0.25, 0.3) is 0 Å². The van der Waals surface area contributed by atoms with Gasteiger partial charge in [-0.25, -0.2) is 0 Å². The molecule has 0 atom stereocenters. The summed E-state index contributed by atoms with van der Waals surface area (Å²) in [6.45, 7) is 4.60. The first-order valence-electron chi connectivity index (χ1n) is 20.3. The fourth-order valence-corrected chi connectivity index (χ4v) is 6.57. The van der Waals surface area contributed by atoms with Crippen LogP contribution >= 0.6 is 0 Å². The van der Waals surface area contributed by atoms with Crippen molar-refractivity contribution in [1.82, 2.24) is 0 Å². The molecule has 0 fully saturated rings. The highest BCUT2D eigenvalue weighted by molar-refractivity contribution is 5.78. The van der Waals surface area contributed by atoms with Gasteiger partial charge < -0.3 is 0 Å². The monoisotopic (exact) mass is 591 g/mol. The number of unbranched alkanes of at least 4 members (excludes halogenated alkanes) is 34. The Kier molecular flexibility index (Phi) is 38.4. The molecule has 0 bridgehead atoms. The fourth-order valence-electron chi connectivity index (χ4n) is 6.57. The number of carbonyl (C=O) groups excluding carboxylic acids is 1. The minimum atomic E-state index is 0.530. The number of Topliss-reactive ketones (excluding diaryl/α,β-unsaturated/α-hetero) is 1. The molecule has 0 radical (unpaired) electrons. The molecule has 0 N–H and O–H groups in total. The summed E-state index contributed by atoms with van der Waals surface area (Å²) >= 11 is 0. The van der Waals surface area contributed by atoms with Crippen LogP contribution in [0.4, 0.5) is 0 Å². The molecule has 0 aromatic heterocycles. The molecule has 0 saturated carbocycles. The van der Waals surface area contributed by atoms with Crippen molar-refractivity contribution >= 4 is 5.78 Å². The number of rotatable bonds is 38. The van der Waals surface area contributed by atoms with Gasteiger partial charge in [0.2, 0.25) is 0 Å². The van der Waals surface area contributed by atoms with E-state index in [4.69, 9.17) is 0 Å². The second kappa shape index (κ2) is 38.7. The molecule has 0 rings (SSSR count). The molecule has 0 spiro atoms. The van der Waals surface area contributed by atoms with Crippen LogP contribution < -0.4 is 0 Å². The van der Waals surface area contributed by atoms with Crippen LogP contribution in [0.3, 0.4) is 0 Å². The molecular formula is C41H82O. The molecule has 0 aromatic rings. The van der Waals surface area contributed by atoms with Crippen molar-refractivity contribution in [3.05, 3.63) is 0 Å². The molecule has 0 aliphatic carbocycles. The van der Waals surface area contributed by atoms with E-state index in [1.807, 2.05) is 0 Å². The quantitative estimate of drug-likeness (QED) is 0.0654. The maximum absolute atomic E-state index is 12.2. The second-order valence-electron chi connectivity index (χ2n) is 14.1. The Labute approximate surface area is 267 Å². The van der Waals surface area contributed by atoms with E-state index in [1.54, 1.807) is 0 Å². The SMILES string of the molecule is CCCCCCCCCCCCCCCCCCCCCCCC(=O)CCCCCCCCCCCCCCCCC. The van der Waals surface area contributed by atoms with Crippen molar-refractivity contribution in [3.8, 4) is 0 Å². The number of hydrogen-bond donors (Lipinski definition) is 0. The van der Waals surface area contributed by atoms with Crippen molar-refractivity contribution < 1.29 is 4.79 Å². The van der Waals surface area contributed by atoms with Gasteiger partial charge in [0, 0.05) is 12.8 Å². The van der Waals surface area contributed by atoms with Gasteiger partial charge in [0.05, 0.1) is 0 Å². The van der Waals surface area contributed by atoms with Gasteiger partial charge in [0.15, 0.2) is 0 Å². The van der Waals surface area contributed by atoms with E-state index in [1.165, 1.54) is 218 Å². The Morgan fingerprint density at radius 1 is 0.238 bits per heavy atom. The molecule has 1 nitrogen and oxygen atoms in total. The third kappa shape index (κ3) is 37.7. The Morgan fingerprint density at radius 3 is 0.548 bits per heavy atom. The molecule has 0 aromatic carbocycles. The largest absolute Gasteiger partial charge is 0.300 e. The first-order valence-corrected chi connectivity index (χ1v) is 20.3. The summed E-state index contributed by atoms with van der Waals surface area (Å²) in [5.41, 5.74) is 0. The van der Waals surface area contributed by atoms with Crippen molar-refractivity contribution in [3.63, 3.8) is 0 Å². The Hall–Kier alpha value is -0.330. The fraction of sp³-hybridized carbons (Fsp3) is 0.976. The van der Waals surface area contributed by atoms with Crippen molar-refractivity contribution in [2.75, 3.05) is 0 Å². The van der Waals surface area contributed by atoms with E-state index in [0.717, 1.165) is 25.7 Å². The van der Waals surface area contributed by atoms with Crippen LogP contribution in [0.5, 0.6) is 0 Å². The van der Waals surface area contributed by atoms with Gasteiger partial charge in [0.1, 0.15) is 5.78 Å². The summed E-state index contributed by atoms with van der Waals surface area (Å²) in [4.78, 5) is 12.2. The van der Waals surface area contributed by atoms with Gasteiger partial charge in [-0.15, -0.1) is 0 Å². The minimum absolute atomic E-state index is 0.530. The summed E-state index contributed by atoms with van der Waals surface area (Å²) in [5.74, 6) is 0.530. The van der Waals surface area contributed by atoms with Gasteiger partial charge in [-0.05, 0) is 12.8 Å². The molecule has 252 valence electrons. The van der Waals surface area contributed by atoms with Crippen LogP contribution in [0.2, 0.25) is 0 Å². The number of carbonyl (C=O) groups is 1. The smallest absolute Gasteiger partial charge is 0.132 e. The van der Waals surface area contributed by atoms with Gasteiger partial charge >= 0.3 is 0 Å². The standard InChI is InChI=1S/C41H82O/c1-3-5-7-9-11-13-15-17-19-20-21-22-23-24-26-28-30-32-34-36-38-40-41(42)39-37-35-33-31-29-27-25-18-16-14-12-10-8-6-4-2/h3-40H2,1-2H3. The number of ketones is 1. The average Bonchev–Trinajstić information content (AvgIpc) is 3.00. The van der Waals surface area contributed by atoms with E-state index in [-0.39, 0.29) is 0 Å². The molecule has 0 unspecified atom stereocenters. The van der Waals surface area contributed by atoms with Gasteiger partial charge in [-0.2, -0.15) is 0 Å². The summed E-state index contributed by atoms with van der Waals surface area (Å²) in [6, 6.07) is 0. The Balaban J connectivity index is 3.13. The first kappa shape index (κ1) is 41.7. The minimum Gasteiger partial charge on any atom is -0.300 e. The Morgan fingerprint density at radius 2 is 0.381 bits per heavy atom. The van der Waals surface area contributed by atoms with Crippen LogP contribution in [0.25, 0.3) is 0 Å². The lowest BCUT2D eigenvalue weighted by Crippen LogP contribution is -1.97. The third-order valence-electron chi connectivity index (χ3n) is 9.62. The first-order chi connectivity index (χ1) is 20.8.